The molecule has 0 radical (unpaired) electrons. The number of benzene rings is 7. The maximum Gasteiger partial charge on any atom is 0.188 e. The van der Waals surface area contributed by atoms with Crippen LogP contribution in [0.2, 0.25) is 0 Å². The highest BCUT2D eigenvalue weighted by Crippen LogP contribution is 2.68. The van der Waals surface area contributed by atoms with Gasteiger partial charge in [-0.15, -0.1) is 0 Å². The maximum absolute atomic E-state index is 8.57. The van der Waals surface area contributed by atoms with Gasteiger partial charge in [-0.2, -0.15) is 0 Å². The van der Waals surface area contributed by atoms with Gasteiger partial charge >= 0.3 is 0 Å². The lowest BCUT2D eigenvalue weighted by Gasteiger charge is -2.56. The minimum atomic E-state index is -2.36. The molecule has 2 bridgehead atoms. The van der Waals surface area contributed by atoms with Crippen LogP contribution in [0.3, 0.4) is 0 Å². The number of ether oxygens (including phenoxy) is 1. The number of quaternary nitrogens is 2. The van der Waals surface area contributed by atoms with Crippen LogP contribution in [0, 0.1) is 13.5 Å². The van der Waals surface area contributed by atoms with Crippen LogP contribution in [0.1, 0.15) is 88.7 Å². The summed E-state index contributed by atoms with van der Waals surface area (Å²) in [6.45, 7) is 21.7. The lowest BCUT2D eigenvalue weighted by atomic mass is 9.80. The fraction of sp³-hybridized carbons (Fsp3) is 0.226. The molecule has 5 nitrogen and oxygen atoms in total. The quantitative estimate of drug-likeness (QED) is 0.118. The van der Waals surface area contributed by atoms with Crippen LogP contribution in [-0.2, 0) is 16.2 Å². The molecule has 5 heteroatoms. The van der Waals surface area contributed by atoms with Crippen molar-refractivity contribution in [3.8, 4) is 39.6 Å². The molecule has 67 heavy (non-hydrogen) atoms. The molecule has 1 fully saturated rings. The minimum absolute atomic E-state index is 0.00443. The van der Waals surface area contributed by atoms with E-state index < -0.39 is 6.85 Å². The van der Waals surface area contributed by atoms with E-state index in [1.54, 1.807) is 12.3 Å². The minimum Gasteiger partial charge on any atom is -0.457 e. The van der Waals surface area contributed by atoms with E-state index in [0.717, 1.165) is 45.5 Å². The van der Waals surface area contributed by atoms with E-state index in [9.17, 15) is 0 Å². The fourth-order valence-electron chi connectivity index (χ4n) is 10.5. The van der Waals surface area contributed by atoms with Gasteiger partial charge in [0, 0.05) is 62.5 Å². The average molecular weight is 881 g/mol. The second-order valence-electron chi connectivity index (χ2n) is 21.9. The summed E-state index contributed by atoms with van der Waals surface area (Å²) in [6.07, 6.45) is 1.69. The molecule has 12 rings (SSSR count). The van der Waals surface area contributed by atoms with Crippen molar-refractivity contribution in [3.63, 3.8) is 0 Å². The van der Waals surface area contributed by atoms with E-state index >= 15 is 0 Å². The molecule has 0 N–H and O–H groups in total. The van der Waals surface area contributed by atoms with Crippen LogP contribution in [0.15, 0.2) is 170 Å². The molecule has 0 aliphatic carbocycles. The Hall–Kier alpha value is -6.79. The van der Waals surface area contributed by atoms with Gasteiger partial charge in [0.15, 0.2) is 18.0 Å². The van der Waals surface area contributed by atoms with E-state index in [0.29, 0.717) is 26.1 Å². The van der Waals surface area contributed by atoms with Crippen molar-refractivity contribution in [3.05, 3.63) is 199 Å². The van der Waals surface area contributed by atoms with Crippen LogP contribution in [0.4, 0.5) is 22.7 Å². The highest BCUT2D eigenvalue weighted by Gasteiger charge is 2.64. The van der Waals surface area contributed by atoms with Gasteiger partial charge in [0.05, 0.1) is 17.7 Å². The van der Waals surface area contributed by atoms with E-state index in [2.05, 4.69) is 171 Å². The van der Waals surface area contributed by atoms with Crippen molar-refractivity contribution >= 4 is 44.6 Å². The molecule has 2 aromatic heterocycles. The van der Waals surface area contributed by atoms with Crippen LogP contribution in [-0.4, -0.2) is 16.2 Å². The van der Waals surface area contributed by atoms with Crippen LogP contribution in [0.25, 0.3) is 49.9 Å². The number of aromatic nitrogens is 2. The molecule has 0 saturated carbocycles. The van der Waals surface area contributed by atoms with Crippen LogP contribution >= 0.6 is 0 Å². The number of nitrogens with zero attached hydrogens (tertiary/aromatic N) is 4. The van der Waals surface area contributed by atoms with Crippen LogP contribution < -0.4 is 13.7 Å². The summed E-state index contributed by atoms with van der Waals surface area (Å²) in [5.41, 5.74) is 14.9. The fourth-order valence-corrected chi connectivity index (χ4v) is 10.5. The van der Waals surface area contributed by atoms with Gasteiger partial charge in [0.25, 0.3) is 0 Å². The van der Waals surface area contributed by atoms with Crippen molar-refractivity contribution in [2.24, 2.45) is 0 Å². The van der Waals surface area contributed by atoms with E-state index in [-0.39, 0.29) is 21.8 Å². The van der Waals surface area contributed by atoms with Gasteiger partial charge < -0.3 is 4.74 Å². The first-order valence-corrected chi connectivity index (χ1v) is 23.6. The van der Waals surface area contributed by atoms with Gasteiger partial charge in [-0.05, 0) is 98.9 Å². The first kappa shape index (κ1) is 39.4. The first-order valence-electron chi connectivity index (χ1n) is 25.1. The summed E-state index contributed by atoms with van der Waals surface area (Å²) >= 11 is 0. The van der Waals surface area contributed by atoms with Crippen molar-refractivity contribution in [1.29, 1.82) is 0 Å². The third-order valence-electron chi connectivity index (χ3n) is 14.2. The highest BCUT2D eigenvalue weighted by atomic mass is 16.5. The van der Waals surface area contributed by atoms with Gasteiger partial charge in [0.2, 0.25) is 0 Å². The zero-order chi connectivity index (χ0) is 49.2. The summed E-state index contributed by atoms with van der Waals surface area (Å²) < 4.78 is 35.9. The summed E-state index contributed by atoms with van der Waals surface area (Å²) in [6, 6.07) is 57.6. The topological polar surface area (TPSA) is 27.1 Å². The average Bonchev–Trinajstić information content (AvgIpc) is 3.92. The molecule has 0 unspecified atom stereocenters. The second-order valence-corrected chi connectivity index (χ2v) is 21.9. The number of aryl methyl sites for hydroxylation is 1. The summed E-state index contributed by atoms with van der Waals surface area (Å²) in [4.78, 5) is 4.94. The van der Waals surface area contributed by atoms with Gasteiger partial charge in [-0.3, -0.25) is 13.5 Å². The number of para-hydroxylation sites is 2. The number of pyridine rings is 1. The third-order valence-corrected chi connectivity index (χ3v) is 14.2. The predicted molar refractivity (Wildman–Crippen MR) is 282 cm³/mol. The molecule has 7 aromatic carbocycles. The Bertz CT molecular complexity index is 3490. The lowest BCUT2D eigenvalue weighted by molar-refractivity contribution is 0.187. The SMILES string of the molecule is [2H]C([2H])([2H])c1cc(-n2c3ccccc3c3ccc(Oc4cccc([N@@+]56[CH-][N@@+](c7cc(C(C)(C)C)cc(C(C)(C)C)c7)(C5)c5c(-c7cccc(C(C)(C)C)c7)cccc56)c4)cc32)ncc1-c1ccccc1. The number of hydrogen-bond donors (Lipinski definition) is 0. The molecule has 2 atom stereocenters. The molecule has 5 heterocycles. The molecule has 3 aliphatic rings. The van der Waals surface area contributed by atoms with Gasteiger partial charge in [0.1, 0.15) is 28.7 Å². The Morgan fingerprint density at radius 1 is 0.537 bits per heavy atom. The lowest BCUT2D eigenvalue weighted by Crippen LogP contribution is -2.67. The highest BCUT2D eigenvalue weighted by molar-refractivity contribution is 6.09. The zero-order valence-corrected chi connectivity index (χ0v) is 40.1. The van der Waals surface area contributed by atoms with Crippen molar-refractivity contribution in [1.82, 2.24) is 18.5 Å². The number of rotatable bonds is 7. The van der Waals surface area contributed by atoms with Gasteiger partial charge in [-0.1, -0.05) is 153 Å². The van der Waals surface area contributed by atoms with Gasteiger partial charge in [-0.25, -0.2) is 4.98 Å². The smallest absolute Gasteiger partial charge is 0.188 e. The zero-order valence-electron chi connectivity index (χ0n) is 43.1. The monoisotopic (exact) mass is 881 g/mol. The molecular weight excluding hydrogens is 817 g/mol. The summed E-state index contributed by atoms with van der Waals surface area (Å²) in [5, 5.41) is 2.06. The Labute approximate surface area is 401 Å². The first-order chi connectivity index (χ1) is 33.1. The Kier molecular flexibility index (Phi) is 8.88. The second kappa shape index (κ2) is 15.1. The standard InChI is InChI=1S/C62H61N4O/c1-41-31-58(63-38-54(41)42-19-12-11-13-20-42)64-55-27-15-14-25-52(55)53-30-29-50(37-56(53)64)67-49-24-17-23-47(36-49)65-39-66(40-65,48-34-45(61(5,6)7)33-46(35-48)62(8,9)10)59-51(26-18-28-57(59)65)43-21-16-22-44(32-43)60(2,3)4/h11-39H,40H2,1-10H3/q+1/t65-,66+/m1/s1/i1D3. The van der Waals surface area contributed by atoms with Crippen molar-refractivity contribution in [2.45, 2.75) is 85.4 Å². The Balaban J connectivity index is 1.02. The third kappa shape index (κ3) is 7.01. The maximum atomic E-state index is 8.57. The molecule has 1 saturated heterocycles. The van der Waals surface area contributed by atoms with E-state index in [1.807, 2.05) is 60.7 Å². The number of fused-ring (bicyclic) bond motifs is 3. The van der Waals surface area contributed by atoms with E-state index in [4.69, 9.17) is 13.8 Å². The largest absolute Gasteiger partial charge is 0.457 e. The van der Waals surface area contributed by atoms with Crippen LogP contribution in [0.5, 0.6) is 11.5 Å². The predicted octanol–water partition coefficient (Wildman–Crippen LogP) is 16.9. The summed E-state index contributed by atoms with van der Waals surface area (Å²) in [5.74, 6) is 1.93. The normalized spacial score (nSPS) is 18.9. The molecule has 3 aliphatic heterocycles. The van der Waals surface area contributed by atoms with E-state index in [1.165, 1.54) is 44.9 Å². The Morgan fingerprint density at radius 2 is 1.19 bits per heavy atom. The molecule has 9 aromatic rings. The number of hydrogen-bond acceptors (Lipinski definition) is 2. The van der Waals surface area contributed by atoms with Crippen molar-refractivity contribution < 1.29 is 8.85 Å². The Morgan fingerprint density at radius 3 is 1.93 bits per heavy atom. The molecular formula is C62H61N4O+. The molecule has 0 amide bonds. The summed E-state index contributed by atoms with van der Waals surface area (Å²) in [7, 11) is 0. The molecule has 334 valence electrons. The molecule has 0 spiro atoms. The van der Waals surface area contributed by atoms with Crippen molar-refractivity contribution in [2.75, 3.05) is 6.67 Å².